The number of hydrogen-bond acceptors (Lipinski definition) is 1. The second kappa shape index (κ2) is 6.65. The molecule has 0 atom stereocenters. The summed E-state index contributed by atoms with van der Waals surface area (Å²) in [5.41, 5.74) is 1.98. The van der Waals surface area contributed by atoms with Crippen molar-refractivity contribution in [2.24, 2.45) is 0 Å². The molecule has 0 unspecified atom stereocenters. The maximum atomic E-state index is 12.2. The van der Waals surface area contributed by atoms with Gasteiger partial charge in [-0.15, -0.1) is 11.6 Å². The molecule has 0 aromatic heterocycles. The fraction of sp³-hybridized carbons (Fsp3) is 0.500. The highest BCUT2D eigenvalue weighted by Gasteiger charge is 2.17. The summed E-state index contributed by atoms with van der Waals surface area (Å²) in [6.45, 7) is 6.70. The van der Waals surface area contributed by atoms with E-state index in [1.54, 1.807) is 4.90 Å². The SMILES string of the molecule is CCc1ccc(C(=O)N(CCCl)C(C)C)cc1. The van der Waals surface area contributed by atoms with Crippen molar-refractivity contribution in [1.29, 1.82) is 0 Å². The molecule has 17 heavy (non-hydrogen) atoms. The van der Waals surface area contributed by atoms with Gasteiger partial charge >= 0.3 is 0 Å². The molecule has 94 valence electrons. The topological polar surface area (TPSA) is 20.3 Å². The Balaban J connectivity index is 2.85. The van der Waals surface area contributed by atoms with Crippen LogP contribution in [0.1, 0.15) is 36.7 Å². The van der Waals surface area contributed by atoms with E-state index in [2.05, 4.69) is 6.92 Å². The number of benzene rings is 1. The van der Waals surface area contributed by atoms with Gasteiger partial charge in [0.15, 0.2) is 0 Å². The second-order valence-electron chi connectivity index (χ2n) is 4.33. The molecule has 0 fully saturated rings. The molecule has 1 rings (SSSR count). The summed E-state index contributed by atoms with van der Waals surface area (Å²) in [6.07, 6.45) is 0.990. The van der Waals surface area contributed by atoms with E-state index in [1.807, 2.05) is 38.1 Å². The van der Waals surface area contributed by atoms with Crippen LogP contribution in [0.25, 0.3) is 0 Å². The van der Waals surface area contributed by atoms with E-state index < -0.39 is 0 Å². The summed E-state index contributed by atoms with van der Waals surface area (Å²) >= 11 is 5.73. The third-order valence-electron chi connectivity index (χ3n) is 2.82. The van der Waals surface area contributed by atoms with Gasteiger partial charge in [0.1, 0.15) is 0 Å². The van der Waals surface area contributed by atoms with Crippen LogP contribution in [-0.4, -0.2) is 29.3 Å². The molecule has 0 N–H and O–H groups in total. The Morgan fingerprint density at radius 1 is 1.29 bits per heavy atom. The van der Waals surface area contributed by atoms with Crippen LogP contribution in [0.4, 0.5) is 0 Å². The van der Waals surface area contributed by atoms with E-state index in [0.29, 0.717) is 12.4 Å². The molecule has 1 aromatic carbocycles. The van der Waals surface area contributed by atoms with Gasteiger partial charge in [0.2, 0.25) is 0 Å². The summed E-state index contributed by atoms with van der Waals surface area (Å²) < 4.78 is 0. The number of aryl methyl sites for hydroxylation is 1. The summed E-state index contributed by atoms with van der Waals surface area (Å²) in [5, 5.41) is 0. The van der Waals surface area contributed by atoms with Crippen molar-refractivity contribution < 1.29 is 4.79 Å². The molecule has 0 radical (unpaired) electrons. The maximum Gasteiger partial charge on any atom is 0.254 e. The van der Waals surface area contributed by atoms with Crippen molar-refractivity contribution in [2.75, 3.05) is 12.4 Å². The van der Waals surface area contributed by atoms with Gasteiger partial charge in [-0.25, -0.2) is 0 Å². The predicted octanol–water partition coefficient (Wildman–Crippen LogP) is 3.34. The highest BCUT2D eigenvalue weighted by atomic mass is 35.5. The zero-order valence-electron chi connectivity index (χ0n) is 10.7. The minimum Gasteiger partial charge on any atom is -0.335 e. The Hall–Kier alpha value is -1.02. The lowest BCUT2D eigenvalue weighted by atomic mass is 10.1. The fourth-order valence-electron chi connectivity index (χ4n) is 1.73. The lowest BCUT2D eigenvalue weighted by Gasteiger charge is -2.26. The Morgan fingerprint density at radius 3 is 2.29 bits per heavy atom. The van der Waals surface area contributed by atoms with Crippen molar-refractivity contribution in [3.8, 4) is 0 Å². The first-order chi connectivity index (χ1) is 8.10. The fourth-order valence-corrected chi connectivity index (χ4v) is 1.92. The van der Waals surface area contributed by atoms with Gasteiger partial charge in [-0.05, 0) is 38.0 Å². The van der Waals surface area contributed by atoms with Gasteiger partial charge in [-0.2, -0.15) is 0 Å². The number of alkyl halides is 1. The van der Waals surface area contributed by atoms with Crippen LogP contribution in [0.5, 0.6) is 0 Å². The molecule has 0 bridgehead atoms. The number of rotatable bonds is 5. The van der Waals surface area contributed by atoms with E-state index in [9.17, 15) is 4.79 Å². The van der Waals surface area contributed by atoms with Crippen LogP contribution in [-0.2, 0) is 6.42 Å². The van der Waals surface area contributed by atoms with Gasteiger partial charge < -0.3 is 4.90 Å². The van der Waals surface area contributed by atoms with Crippen molar-refractivity contribution in [3.63, 3.8) is 0 Å². The summed E-state index contributed by atoms with van der Waals surface area (Å²) in [6, 6.07) is 7.97. The minimum absolute atomic E-state index is 0.0586. The molecule has 0 aliphatic rings. The molecule has 1 amide bonds. The smallest absolute Gasteiger partial charge is 0.254 e. The van der Waals surface area contributed by atoms with Crippen molar-refractivity contribution in [3.05, 3.63) is 35.4 Å². The molecule has 0 aliphatic carbocycles. The summed E-state index contributed by atoms with van der Waals surface area (Å²) in [5.74, 6) is 0.528. The van der Waals surface area contributed by atoms with Crippen LogP contribution in [0.2, 0.25) is 0 Å². The highest BCUT2D eigenvalue weighted by Crippen LogP contribution is 2.10. The largest absolute Gasteiger partial charge is 0.335 e. The van der Waals surface area contributed by atoms with Gasteiger partial charge in [0.05, 0.1) is 0 Å². The molecular weight excluding hydrogens is 234 g/mol. The average molecular weight is 254 g/mol. The summed E-state index contributed by atoms with van der Waals surface area (Å²) in [7, 11) is 0. The molecule has 1 aromatic rings. The Kier molecular flexibility index (Phi) is 5.49. The number of carbonyl (C=O) groups is 1. The van der Waals surface area contributed by atoms with Gasteiger partial charge in [-0.3, -0.25) is 4.79 Å². The van der Waals surface area contributed by atoms with Crippen molar-refractivity contribution in [2.45, 2.75) is 33.2 Å². The van der Waals surface area contributed by atoms with E-state index in [4.69, 9.17) is 11.6 Å². The zero-order valence-corrected chi connectivity index (χ0v) is 11.5. The molecule has 2 nitrogen and oxygen atoms in total. The van der Waals surface area contributed by atoms with E-state index in [-0.39, 0.29) is 11.9 Å². The van der Waals surface area contributed by atoms with Crippen LogP contribution in [0.3, 0.4) is 0 Å². The Morgan fingerprint density at radius 2 is 1.88 bits per heavy atom. The third kappa shape index (κ3) is 3.74. The van der Waals surface area contributed by atoms with Crippen molar-refractivity contribution in [1.82, 2.24) is 4.90 Å². The van der Waals surface area contributed by atoms with Gasteiger partial charge in [-0.1, -0.05) is 19.1 Å². The third-order valence-corrected chi connectivity index (χ3v) is 2.99. The minimum atomic E-state index is 0.0586. The monoisotopic (exact) mass is 253 g/mol. The predicted molar refractivity (Wildman–Crippen MR) is 72.7 cm³/mol. The van der Waals surface area contributed by atoms with E-state index in [0.717, 1.165) is 12.0 Å². The van der Waals surface area contributed by atoms with Crippen LogP contribution >= 0.6 is 11.6 Å². The van der Waals surface area contributed by atoms with E-state index in [1.165, 1.54) is 5.56 Å². The molecule has 0 saturated heterocycles. The normalized spacial score (nSPS) is 10.6. The molecule has 3 heteroatoms. The first-order valence-electron chi connectivity index (χ1n) is 6.06. The molecule has 0 heterocycles. The zero-order chi connectivity index (χ0) is 12.8. The molecular formula is C14H20ClNO. The van der Waals surface area contributed by atoms with E-state index >= 15 is 0 Å². The van der Waals surface area contributed by atoms with Crippen LogP contribution in [0.15, 0.2) is 24.3 Å². The molecule has 0 saturated carbocycles. The quantitative estimate of drug-likeness (QED) is 0.737. The number of nitrogens with zero attached hydrogens (tertiary/aromatic N) is 1. The number of halogens is 1. The molecule has 0 aliphatic heterocycles. The highest BCUT2D eigenvalue weighted by molar-refractivity contribution is 6.18. The first-order valence-corrected chi connectivity index (χ1v) is 6.59. The lowest BCUT2D eigenvalue weighted by molar-refractivity contribution is 0.0718. The van der Waals surface area contributed by atoms with Gasteiger partial charge in [0, 0.05) is 24.0 Å². The molecule has 0 spiro atoms. The standard InChI is InChI=1S/C14H20ClNO/c1-4-12-5-7-13(8-6-12)14(17)16(10-9-15)11(2)3/h5-8,11H,4,9-10H2,1-3H3. The van der Waals surface area contributed by atoms with Crippen LogP contribution in [0, 0.1) is 0 Å². The Bertz CT molecular complexity index is 359. The van der Waals surface area contributed by atoms with Crippen molar-refractivity contribution >= 4 is 17.5 Å². The maximum absolute atomic E-state index is 12.2. The van der Waals surface area contributed by atoms with Crippen LogP contribution < -0.4 is 0 Å². The summed E-state index contributed by atoms with van der Waals surface area (Å²) in [4.78, 5) is 14.0. The number of hydrogen-bond donors (Lipinski definition) is 0. The second-order valence-corrected chi connectivity index (χ2v) is 4.71. The number of carbonyl (C=O) groups excluding carboxylic acids is 1. The lowest BCUT2D eigenvalue weighted by Crippen LogP contribution is -2.38. The number of amides is 1. The van der Waals surface area contributed by atoms with Gasteiger partial charge in [0.25, 0.3) is 5.91 Å². The first kappa shape index (κ1) is 14.0. The average Bonchev–Trinajstić information content (AvgIpc) is 2.35. The Labute approximate surface area is 109 Å².